The molecule has 0 amide bonds. The molecular formula is C13H18N2OS. The zero-order chi connectivity index (χ0) is 12.8. The summed E-state index contributed by atoms with van der Waals surface area (Å²) in [6.45, 7) is 5.73. The molecule has 0 radical (unpaired) electrons. The lowest BCUT2D eigenvalue weighted by Gasteiger charge is -2.15. The van der Waals surface area contributed by atoms with Gasteiger partial charge in [-0.3, -0.25) is 4.79 Å². The summed E-state index contributed by atoms with van der Waals surface area (Å²) in [6.07, 6.45) is 1.02. The van der Waals surface area contributed by atoms with Crippen molar-refractivity contribution in [1.82, 2.24) is 5.32 Å². The van der Waals surface area contributed by atoms with Crippen LogP contribution in [0.4, 0.5) is 5.69 Å². The molecule has 0 fully saturated rings. The molecule has 0 saturated carbocycles. The Morgan fingerprint density at radius 3 is 2.41 bits per heavy atom. The smallest absolute Gasteiger partial charge is 0.170 e. The van der Waals surface area contributed by atoms with Crippen LogP contribution in [0.2, 0.25) is 0 Å². The number of anilines is 1. The average molecular weight is 250 g/mol. The van der Waals surface area contributed by atoms with E-state index in [1.165, 1.54) is 0 Å². The predicted molar refractivity (Wildman–Crippen MR) is 75.6 cm³/mol. The van der Waals surface area contributed by atoms with Gasteiger partial charge in [-0.2, -0.15) is 0 Å². The topological polar surface area (TPSA) is 41.1 Å². The third kappa shape index (κ3) is 4.53. The van der Waals surface area contributed by atoms with E-state index in [0.29, 0.717) is 16.7 Å². The highest BCUT2D eigenvalue weighted by Gasteiger charge is 2.03. The van der Waals surface area contributed by atoms with Gasteiger partial charge in [-0.25, -0.2) is 0 Å². The van der Waals surface area contributed by atoms with Crippen molar-refractivity contribution < 1.29 is 4.79 Å². The van der Waals surface area contributed by atoms with Crippen molar-refractivity contribution in [2.24, 2.45) is 0 Å². The van der Waals surface area contributed by atoms with Gasteiger partial charge in [0.15, 0.2) is 10.9 Å². The van der Waals surface area contributed by atoms with Gasteiger partial charge < -0.3 is 10.6 Å². The molecule has 17 heavy (non-hydrogen) atoms. The summed E-state index contributed by atoms with van der Waals surface area (Å²) in [4.78, 5) is 11.1. The molecule has 0 heterocycles. The van der Waals surface area contributed by atoms with Gasteiger partial charge in [-0.1, -0.05) is 6.92 Å². The minimum Gasteiger partial charge on any atom is -0.360 e. The number of benzene rings is 1. The molecule has 1 aromatic rings. The molecule has 0 aromatic heterocycles. The maximum Gasteiger partial charge on any atom is 0.170 e. The zero-order valence-electron chi connectivity index (χ0n) is 10.4. The van der Waals surface area contributed by atoms with Crippen molar-refractivity contribution in [3.05, 3.63) is 29.8 Å². The van der Waals surface area contributed by atoms with E-state index in [1.807, 2.05) is 12.1 Å². The van der Waals surface area contributed by atoms with Crippen LogP contribution >= 0.6 is 12.2 Å². The van der Waals surface area contributed by atoms with Crippen LogP contribution in [0.1, 0.15) is 37.6 Å². The maximum atomic E-state index is 11.1. The predicted octanol–water partition coefficient (Wildman–Crippen LogP) is 2.97. The zero-order valence-corrected chi connectivity index (χ0v) is 11.2. The first kappa shape index (κ1) is 13.6. The van der Waals surface area contributed by atoms with E-state index < -0.39 is 0 Å². The molecule has 0 aliphatic rings. The molecule has 3 nitrogen and oxygen atoms in total. The summed E-state index contributed by atoms with van der Waals surface area (Å²) >= 11 is 5.17. The molecule has 2 N–H and O–H groups in total. The third-order valence-electron chi connectivity index (χ3n) is 2.54. The summed E-state index contributed by atoms with van der Waals surface area (Å²) in [5.41, 5.74) is 1.59. The lowest BCUT2D eigenvalue weighted by atomic mass is 10.1. The van der Waals surface area contributed by atoms with Crippen molar-refractivity contribution in [1.29, 1.82) is 0 Å². The number of rotatable bonds is 4. The van der Waals surface area contributed by atoms with E-state index in [-0.39, 0.29) is 5.78 Å². The molecule has 0 aliphatic heterocycles. The Balaban J connectivity index is 2.57. The lowest BCUT2D eigenvalue weighted by molar-refractivity contribution is 0.101. The number of hydrogen-bond acceptors (Lipinski definition) is 2. The quantitative estimate of drug-likeness (QED) is 0.637. The molecule has 92 valence electrons. The fraction of sp³-hybridized carbons (Fsp3) is 0.385. The second-order valence-electron chi connectivity index (χ2n) is 4.04. The van der Waals surface area contributed by atoms with E-state index in [0.717, 1.165) is 12.1 Å². The van der Waals surface area contributed by atoms with Gasteiger partial charge >= 0.3 is 0 Å². The molecule has 1 aromatic carbocycles. The Morgan fingerprint density at radius 1 is 1.35 bits per heavy atom. The van der Waals surface area contributed by atoms with Crippen LogP contribution < -0.4 is 10.6 Å². The Morgan fingerprint density at radius 2 is 1.94 bits per heavy atom. The monoisotopic (exact) mass is 250 g/mol. The highest BCUT2D eigenvalue weighted by Crippen LogP contribution is 2.10. The first-order chi connectivity index (χ1) is 8.02. The van der Waals surface area contributed by atoms with Gasteiger partial charge in [-0.05, 0) is 56.8 Å². The van der Waals surface area contributed by atoms with Crippen LogP contribution in [0, 0.1) is 0 Å². The van der Waals surface area contributed by atoms with Gasteiger partial charge in [0.2, 0.25) is 0 Å². The number of ketones is 1. The molecule has 1 rings (SSSR count). The first-order valence-electron chi connectivity index (χ1n) is 5.71. The molecule has 0 bridgehead atoms. The van der Waals surface area contributed by atoms with Crippen molar-refractivity contribution in [3.8, 4) is 0 Å². The minimum absolute atomic E-state index is 0.0665. The molecule has 1 atom stereocenters. The van der Waals surface area contributed by atoms with Crippen LogP contribution in [0.5, 0.6) is 0 Å². The summed E-state index contributed by atoms with van der Waals surface area (Å²) < 4.78 is 0. The Bertz CT molecular complexity index is 400. The van der Waals surface area contributed by atoms with Gasteiger partial charge in [0.05, 0.1) is 0 Å². The van der Waals surface area contributed by atoms with Crippen LogP contribution in [0.3, 0.4) is 0 Å². The van der Waals surface area contributed by atoms with Crippen molar-refractivity contribution in [2.75, 3.05) is 5.32 Å². The summed E-state index contributed by atoms with van der Waals surface area (Å²) in [5, 5.41) is 6.86. The number of thiocarbonyl (C=S) groups is 1. The molecule has 4 heteroatoms. The Hall–Kier alpha value is -1.42. The fourth-order valence-electron chi connectivity index (χ4n) is 1.28. The highest BCUT2D eigenvalue weighted by molar-refractivity contribution is 7.80. The summed E-state index contributed by atoms with van der Waals surface area (Å²) in [6, 6.07) is 7.63. The molecule has 0 spiro atoms. The summed E-state index contributed by atoms with van der Waals surface area (Å²) in [7, 11) is 0. The number of nitrogens with one attached hydrogen (secondary N) is 2. The van der Waals surface area contributed by atoms with E-state index in [4.69, 9.17) is 12.2 Å². The molecular weight excluding hydrogens is 232 g/mol. The van der Waals surface area contributed by atoms with Crippen LogP contribution in [-0.2, 0) is 0 Å². The van der Waals surface area contributed by atoms with Gasteiger partial charge in [-0.15, -0.1) is 0 Å². The Labute approximate surface area is 108 Å². The SMILES string of the molecule is CC[C@H](C)NC(=S)Nc1ccc(C(C)=O)cc1. The Kier molecular flexibility index (Phi) is 5.10. The van der Waals surface area contributed by atoms with Gasteiger partial charge in [0, 0.05) is 17.3 Å². The van der Waals surface area contributed by atoms with Gasteiger partial charge in [0.25, 0.3) is 0 Å². The summed E-state index contributed by atoms with van der Waals surface area (Å²) in [5.74, 6) is 0.0665. The first-order valence-corrected chi connectivity index (χ1v) is 6.12. The van der Waals surface area contributed by atoms with Gasteiger partial charge in [0.1, 0.15) is 0 Å². The van der Waals surface area contributed by atoms with E-state index in [1.54, 1.807) is 19.1 Å². The number of carbonyl (C=O) groups excluding carboxylic acids is 1. The lowest BCUT2D eigenvalue weighted by Crippen LogP contribution is -2.35. The minimum atomic E-state index is 0.0665. The normalized spacial score (nSPS) is 11.7. The van der Waals surface area contributed by atoms with Crippen molar-refractivity contribution in [2.45, 2.75) is 33.2 Å². The van der Waals surface area contributed by atoms with Crippen molar-refractivity contribution in [3.63, 3.8) is 0 Å². The molecule has 0 saturated heterocycles. The fourth-order valence-corrected chi connectivity index (χ4v) is 1.60. The second kappa shape index (κ2) is 6.35. The molecule has 0 aliphatic carbocycles. The van der Waals surface area contributed by atoms with E-state index >= 15 is 0 Å². The van der Waals surface area contributed by atoms with E-state index in [9.17, 15) is 4.79 Å². The number of Topliss-reactive ketones (excluding diaryl/α,β-unsaturated/α-hetero) is 1. The third-order valence-corrected chi connectivity index (χ3v) is 2.76. The van der Waals surface area contributed by atoms with Crippen molar-refractivity contribution >= 4 is 28.8 Å². The highest BCUT2D eigenvalue weighted by atomic mass is 32.1. The number of hydrogen-bond donors (Lipinski definition) is 2. The largest absolute Gasteiger partial charge is 0.360 e. The van der Waals surface area contributed by atoms with Crippen LogP contribution in [0.25, 0.3) is 0 Å². The molecule has 0 unspecified atom stereocenters. The second-order valence-corrected chi connectivity index (χ2v) is 4.45. The number of carbonyl (C=O) groups is 1. The maximum absolute atomic E-state index is 11.1. The van der Waals surface area contributed by atoms with E-state index in [2.05, 4.69) is 24.5 Å². The average Bonchev–Trinajstić information content (AvgIpc) is 2.29. The standard InChI is InChI=1S/C13H18N2OS/c1-4-9(2)14-13(17)15-12-7-5-11(6-8-12)10(3)16/h5-9H,4H2,1-3H3,(H2,14,15,17)/t9-/m0/s1. The van der Waals surface area contributed by atoms with Crippen LogP contribution in [-0.4, -0.2) is 16.9 Å². The van der Waals surface area contributed by atoms with Crippen LogP contribution in [0.15, 0.2) is 24.3 Å².